The van der Waals surface area contributed by atoms with Crippen molar-refractivity contribution >= 4 is 12.0 Å². The van der Waals surface area contributed by atoms with Crippen molar-refractivity contribution in [3.05, 3.63) is 0 Å². The van der Waals surface area contributed by atoms with Crippen LogP contribution in [0.15, 0.2) is 0 Å². The molecule has 2 unspecified atom stereocenters. The largest absolute Gasteiger partial charge is 0.481 e. The molecule has 20 heavy (non-hydrogen) atoms. The van der Waals surface area contributed by atoms with E-state index in [2.05, 4.69) is 5.32 Å². The summed E-state index contributed by atoms with van der Waals surface area (Å²) in [5.74, 6) is -0.962. The van der Waals surface area contributed by atoms with Gasteiger partial charge in [-0.05, 0) is 18.8 Å². The third kappa shape index (κ3) is 3.62. The van der Waals surface area contributed by atoms with E-state index < -0.39 is 11.9 Å². The molecule has 0 radical (unpaired) electrons. The molecule has 0 aromatic rings. The number of rotatable bonds is 4. The summed E-state index contributed by atoms with van der Waals surface area (Å²) >= 11 is 0. The number of amides is 2. The Labute approximate surface area is 119 Å². The van der Waals surface area contributed by atoms with Crippen LogP contribution in [-0.4, -0.2) is 54.9 Å². The number of ether oxygens (including phenoxy) is 1. The molecular formula is C14H24N2O4. The van der Waals surface area contributed by atoms with E-state index in [1.807, 2.05) is 0 Å². The number of carbonyl (C=O) groups excluding carboxylic acids is 1. The van der Waals surface area contributed by atoms with Crippen LogP contribution in [0.2, 0.25) is 0 Å². The lowest BCUT2D eigenvalue weighted by molar-refractivity contribution is -0.142. The molecule has 6 heteroatoms. The minimum absolute atomic E-state index is 0.181. The second-order valence-corrected chi connectivity index (χ2v) is 5.85. The summed E-state index contributed by atoms with van der Waals surface area (Å²) in [6, 6.07) is -0.573. The fourth-order valence-corrected chi connectivity index (χ4v) is 3.06. The first-order valence-corrected chi connectivity index (χ1v) is 7.41. The molecule has 0 bridgehead atoms. The van der Waals surface area contributed by atoms with E-state index in [1.165, 1.54) is 37.0 Å². The first-order chi connectivity index (χ1) is 9.59. The predicted molar refractivity (Wildman–Crippen MR) is 73.5 cm³/mol. The molecule has 0 spiro atoms. The molecule has 2 N–H and O–H groups in total. The third-order valence-electron chi connectivity index (χ3n) is 4.45. The lowest BCUT2D eigenvalue weighted by Crippen LogP contribution is -2.49. The second-order valence-electron chi connectivity index (χ2n) is 5.85. The van der Waals surface area contributed by atoms with Gasteiger partial charge >= 0.3 is 12.0 Å². The van der Waals surface area contributed by atoms with E-state index in [0.29, 0.717) is 19.1 Å². The fourth-order valence-electron chi connectivity index (χ4n) is 3.06. The molecule has 2 amide bonds. The molecule has 1 aliphatic carbocycles. The minimum atomic E-state index is -0.903. The van der Waals surface area contributed by atoms with Crippen LogP contribution in [0.1, 0.15) is 32.1 Å². The molecule has 114 valence electrons. The van der Waals surface area contributed by atoms with Gasteiger partial charge < -0.3 is 20.1 Å². The molecule has 1 aliphatic heterocycles. The second kappa shape index (κ2) is 6.92. The van der Waals surface area contributed by atoms with Gasteiger partial charge in [-0.15, -0.1) is 0 Å². The fraction of sp³-hybridized carbons (Fsp3) is 0.857. The summed E-state index contributed by atoms with van der Waals surface area (Å²) in [5, 5.41) is 12.0. The first kappa shape index (κ1) is 15.1. The molecule has 1 saturated carbocycles. The Morgan fingerprint density at radius 2 is 1.95 bits per heavy atom. The van der Waals surface area contributed by atoms with Gasteiger partial charge in [0.25, 0.3) is 0 Å². The third-order valence-corrected chi connectivity index (χ3v) is 4.45. The number of nitrogens with one attached hydrogen (secondary N) is 1. The number of urea groups is 1. The van der Waals surface area contributed by atoms with Crippen LogP contribution in [0.4, 0.5) is 4.79 Å². The Hall–Kier alpha value is -1.30. The molecule has 1 saturated heterocycles. The summed E-state index contributed by atoms with van der Waals surface area (Å²) in [4.78, 5) is 24.7. The zero-order valence-electron chi connectivity index (χ0n) is 12.0. The van der Waals surface area contributed by atoms with Gasteiger partial charge in [0.05, 0.1) is 19.3 Å². The van der Waals surface area contributed by atoms with E-state index in [9.17, 15) is 9.59 Å². The minimum Gasteiger partial charge on any atom is -0.481 e. The van der Waals surface area contributed by atoms with Crippen LogP contribution < -0.4 is 5.32 Å². The number of nitrogens with zero attached hydrogens (tertiary/aromatic N) is 1. The summed E-state index contributed by atoms with van der Waals surface area (Å²) in [7, 11) is 1.64. The zero-order chi connectivity index (χ0) is 14.5. The van der Waals surface area contributed by atoms with Crippen molar-refractivity contribution < 1.29 is 19.4 Å². The van der Waals surface area contributed by atoms with Crippen molar-refractivity contribution in [2.24, 2.45) is 11.8 Å². The number of hydrogen-bond donors (Lipinski definition) is 2. The van der Waals surface area contributed by atoms with E-state index in [1.54, 1.807) is 7.05 Å². The van der Waals surface area contributed by atoms with Gasteiger partial charge in [0.2, 0.25) is 0 Å². The molecule has 2 atom stereocenters. The van der Waals surface area contributed by atoms with Crippen LogP contribution in [0, 0.1) is 11.8 Å². The molecule has 6 nitrogen and oxygen atoms in total. The van der Waals surface area contributed by atoms with Crippen molar-refractivity contribution in [2.45, 2.75) is 38.1 Å². The van der Waals surface area contributed by atoms with Gasteiger partial charge in [-0.2, -0.15) is 0 Å². The highest BCUT2D eigenvalue weighted by atomic mass is 16.5. The SMILES string of the molecule is CN(C(=O)NCC1CCCCC1)C1COCC1C(=O)O. The average molecular weight is 284 g/mol. The normalized spacial score (nSPS) is 27.2. The van der Waals surface area contributed by atoms with Crippen molar-refractivity contribution in [1.82, 2.24) is 10.2 Å². The van der Waals surface area contributed by atoms with Crippen LogP contribution in [-0.2, 0) is 9.53 Å². The summed E-state index contributed by atoms with van der Waals surface area (Å²) in [5.41, 5.74) is 0. The number of likely N-dealkylation sites (N-methyl/N-ethyl adjacent to an activating group) is 1. The maximum Gasteiger partial charge on any atom is 0.317 e. The van der Waals surface area contributed by atoms with Gasteiger partial charge in [-0.3, -0.25) is 4.79 Å². The lowest BCUT2D eigenvalue weighted by atomic mass is 9.89. The van der Waals surface area contributed by atoms with Gasteiger partial charge in [0, 0.05) is 13.6 Å². The maximum absolute atomic E-state index is 12.1. The van der Waals surface area contributed by atoms with Gasteiger partial charge in [0.1, 0.15) is 5.92 Å². The van der Waals surface area contributed by atoms with E-state index in [4.69, 9.17) is 9.84 Å². The highest BCUT2D eigenvalue weighted by Gasteiger charge is 2.38. The van der Waals surface area contributed by atoms with Crippen LogP contribution >= 0.6 is 0 Å². The number of carboxylic acid groups (broad SMARTS) is 1. The van der Waals surface area contributed by atoms with Crippen LogP contribution in [0.3, 0.4) is 0 Å². The Kier molecular flexibility index (Phi) is 5.23. The number of carboxylic acids is 1. The number of carbonyl (C=O) groups is 2. The van der Waals surface area contributed by atoms with Crippen molar-refractivity contribution in [1.29, 1.82) is 0 Å². The lowest BCUT2D eigenvalue weighted by Gasteiger charge is -2.28. The maximum atomic E-state index is 12.1. The molecule has 0 aromatic carbocycles. The number of aliphatic carboxylic acids is 1. The van der Waals surface area contributed by atoms with Crippen molar-refractivity contribution in [2.75, 3.05) is 26.8 Å². The van der Waals surface area contributed by atoms with Gasteiger partial charge in [-0.25, -0.2) is 4.79 Å². The molecule has 1 heterocycles. The predicted octanol–water partition coefficient (Wildman–Crippen LogP) is 1.31. The Balaban J connectivity index is 1.80. The van der Waals surface area contributed by atoms with Gasteiger partial charge in [-0.1, -0.05) is 19.3 Å². The van der Waals surface area contributed by atoms with Crippen LogP contribution in [0.25, 0.3) is 0 Å². The quantitative estimate of drug-likeness (QED) is 0.816. The molecule has 2 aliphatic rings. The van der Waals surface area contributed by atoms with E-state index >= 15 is 0 Å². The van der Waals surface area contributed by atoms with Crippen molar-refractivity contribution in [3.63, 3.8) is 0 Å². The summed E-state index contributed by atoms with van der Waals surface area (Å²) < 4.78 is 5.19. The van der Waals surface area contributed by atoms with Gasteiger partial charge in [0.15, 0.2) is 0 Å². The monoisotopic (exact) mass is 284 g/mol. The highest BCUT2D eigenvalue weighted by Crippen LogP contribution is 2.23. The smallest absolute Gasteiger partial charge is 0.317 e. The van der Waals surface area contributed by atoms with E-state index in [0.717, 1.165) is 0 Å². The Morgan fingerprint density at radius 3 is 2.60 bits per heavy atom. The molecule has 2 rings (SSSR count). The number of hydrogen-bond acceptors (Lipinski definition) is 3. The molecular weight excluding hydrogens is 260 g/mol. The average Bonchev–Trinajstić information content (AvgIpc) is 2.94. The van der Waals surface area contributed by atoms with Crippen LogP contribution in [0.5, 0.6) is 0 Å². The molecule has 0 aromatic heterocycles. The Morgan fingerprint density at radius 1 is 1.25 bits per heavy atom. The highest BCUT2D eigenvalue weighted by molar-refractivity contribution is 5.77. The summed E-state index contributed by atoms with van der Waals surface area (Å²) in [6.07, 6.45) is 6.13. The molecule has 2 fully saturated rings. The van der Waals surface area contributed by atoms with E-state index in [-0.39, 0.29) is 18.7 Å². The first-order valence-electron chi connectivity index (χ1n) is 7.41. The Bertz CT molecular complexity index is 355. The topological polar surface area (TPSA) is 78.9 Å². The van der Waals surface area contributed by atoms with Crippen molar-refractivity contribution in [3.8, 4) is 0 Å². The summed E-state index contributed by atoms with van der Waals surface area (Å²) in [6.45, 7) is 1.17. The standard InChI is InChI=1S/C14H24N2O4/c1-16(12-9-20-8-11(12)13(17)18)14(19)15-7-10-5-3-2-4-6-10/h10-12H,2-9H2,1H3,(H,15,19)(H,17,18). The zero-order valence-corrected chi connectivity index (χ0v) is 12.0.